The molecule has 0 atom stereocenters. The van der Waals surface area contributed by atoms with Gasteiger partial charge in [0.15, 0.2) is 11.5 Å². The van der Waals surface area contributed by atoms with Crippen LogP contribution in [0, 0.1) is 0 Å². The SMILES string of the molecule is CCOc1ccc(CNC(=O)c2ccc(Cn3c(=O)c(=O)n(CC)c4ccccc43)cc2)cc1OC. The minimum absolute atomic E-state index is 0.220. The van der Waals surface area contributed by atoms with E-state index in [1.165, 1.54) is 9.13 Å². The number of hydrogen-bond donors (Lipinski definition) is 1. The maximum absolute atomic E-state index is 12.8. The summed E-state index contributed by atoms with van der Waals surface area (Å²) in [4.78, 5) is 38.1. The molecular weight excluding hydrogens is 458 g/mol. The standard InChI is InChI=1S/C28H29N3O5/c1-4-30-22-8-6-7-9-23(22)31(28(34)27(30)33)18-19-10-13-21(14-11-19)26(32)29-17-20-12-15-24(36-5-2)25(16-20)35-3/h6-16H,4-5,17-18H2,1-3H3,(H,29,32). The molecule has 1 heterocycles. The highest BCUT2D eigenvalue weighted by Crippen LogP contribution is 2.28. The number of para-hydroxylation sites is 2. The van der Waals surface area contributed by atoms with E-state index in [1.807, 2.05) is 56.3 Å². The fourth-order valence-electron chi connectivity index (χ4n) is 4.17. The molecule has 0 bridgehead atoms. The molecule has 1 N–H and O–H groups in total. The number of hydrogen-bond acceptors (Lipinski definition) is 5. The zero-order valence-electron chi connectivity index (χ0n) is 20.6. The van der Waals surface area contributed by atoms with Crippen LogP contribution in [0.2, 0.25) is 0 Å². The summed E-state index contributed by atoms with van der Waals surface area (Å²) in [6.45, 7) is 5.26. The first-order valence-corrected chi connectivity index (χ1v) is 11.9. The Bertz CT molecular complexity index is 1500. The van der Waals surface area contributed by atoms with Crippen molar-refractivity contribution >= 4 is 16.9 Å². The summed E-state index contributed by atoms with van der Waals surface area (Å²) in [7, 11) is 1.58. The third kappa shape index (κ3) is 5.02. The molecule has 0 saturated heterocycles. The summed E-state index contributed by atoms with van der Waals surface area (Å²) in [6, 6.07) is 19.9. The van der Waals surface area contributed by atoms with Gasteiger partial charge >= 0.3 is 11.1 Å². The maximum atomic E-state index is 12.8. The predicted octanol–water partition coefficient (Wildman–Crippen LogP) is 3.57. The highest BCUT2D eigenvalue weighted by molar-refractivity contribution is 5.94. The average Bonchev–Trinajstić information content (AvgIpc) is 2.91. The lowest BCUT2D eigenvalue weighted by molar-refractivity contribution is 0.0951. The highest BCUT2D eigenvalue weighted by atomic mass is 16.5. The van der Waals surface area contributed by atoms with Gasteiger partial charge in [-0.25, -0.2) is 0 Å². The molecule has 3 aromatic carbocycles. The second-order valence-corrected chi connectivity index (χ2v) is 8.23. The van der Waals surface area contributed by atoms with Crippen LogP contribution in [-0.2, 0) is 19.6 Å². The van der Waals surface area contributed by atoms with Crippen LogP contribution in [0.4, 0.5) is 0 Å². The first kappa shape index (κ1) is 24.8. The molecule has 36 heavy (non-hydrogen) atoms. The van der Waals surface area contributed by atoms with Crippen molar-refractivity contribution in [3.63, 3.8) is 0 Å². The normalized spacial score (nSPS) is 10.9. The van der Waals surface area contributed by atoms with Gasteiger partial charge in [0.2, 0.25) is 0 Å². The van der Waals surface area contributed by atoms with E-state index in [1.54, 1.807) is 31.4 Å². The fraction of sp³-hybridized carbons (Fsp3) is 0.250. The molecule has 4 rings (SSSR count). The summed E-state index contributed by atoms with van der Waals surface area (Å²) in [6.07, 6.45) is 0. The molecule has 186 valence electrons. The molecule has 0 spiro atoms. The number of ether oxygens (including phenoxy) is 2. The van der Waals surface area contributed by atoms with E-state index < -0.39 is 11.1 Å². The number of fused-ring (bicyclic) bond motifs is 1. The van der Waals surface area contributed by atoms with Crippen LogP contribution >= 0.6 is 0 Å². The lowest BCUT2D eigenvalue weighted by atomic mass is 10.1. The van der Waals surface area contributed by atoms with E-state index in [0.717, 1.165) is 11.1 Å². The van der Waals surface area contributed by atoms with E-state index >= 15 is 0 Å². The third-order valence-corrected chi connectivity index (χ3v) is 5.99. The Morgan fingerprint density at radius 1 is 0.833 bits per heavy atom. The number of nitrogens with one attached hydrogen (secondary N) is 1. The molecular formula is C28H29N3O5. The first-order valence-electron chi connectivity index (χ1n) is 11.9. The van der Waals surface area contributed by atoms with Gasteiger partial charge in [0, 0.05) is 18.7 Å². The summed E-state index contributed by atoms with van der Waals surface area (Å²) in [5.41, 5.74) is 2.48. The van der Waals surface area contributed by atoms with Crippen LogP contribution in [-0.4, -0.2) is 28.8 Å². The van der Waals surface area contributed by atoms with Gasteiger partial charge in [-0.2, -0.15) is 0 Å². The number of aryl methyl sites for hydroxylation is 1. The van der Waals surface area contributed by atoms with Gasteiger partial charge in [-0.15, -0.1) is 0 Å². The van der Waals surface area contributed by atoms with Crippen LogP contribution in [0.25, 0.3) is 11.0 Å². The Labute approximate surface area is 208 Å². The molecule has 0 aliphatic rings. The summed E-state index contributed by atoms with van der Waals surface area (Å²) < 4.78 is 13.9. The molecule has 1 aromatic heterocycles. The molecule has 0 aliphatic carbocycles. The Hall–Kier alpha value is -4.33. The Kier molecular flexibility index (Phi) is 7.53. The molecule has 0 saturated carbocycles. The smallest absolute Gasteiger partial charge is 0.317 e. The van der Waals surface area contributed by atoms with Crippen molar-refractivity contribution in [3.8, 4) is 11.5 Å². The Morgan fingerprint density at radius 3 is 2.11 bits per heavy atom. The second kappa shape index (κ2) is 10.9. The highest BCUT2D eigenvalue weighted by Gasteiger charge is 2.13. The molecule has 8 nitrogen and oxygen atoms in total. The third-order valence-electron chi connectivity index (χ3n) is 5.99. The molecule has 0 unspecified atom stereocenters. The van der Waals surface area contributed by atoms with Crippen molar-refractivity contribution in [2.24, 2.45) is 0 Å². The molecule has 8 heteroatoms. The Balaban J connectivity index is 1.49. The van der Waals surface area contributed by atoms with E-state index in [4.69, 9.17) is 9.47 Å². The number of benzene rings is 3. The molecule has 4 aromatic rings. The van der Waals surface area contributed by atoms with Gasteiger partial charge in [-0.05, 0) is 61.4 Å². The van der Waals surface area contributed by atoms with Crippen LogP contribution in [0.15, 0.2) is 76.3 Å². The van der Waals surface area contributed by atoms with Crippen LogP contribution in [0.1, 0.15) is 35.3 Å². The summed E-state index contributed by atoms with van der Waals surface area (Å²) in [5, 5.41) is 2.91. The van der Waals surface area contributed by atoms with Crippen molar-refractivity contribution < 1.29 is 14.3 Å². The largest absolute Gasteiger partial charge is 0.493 e. The van der Waals surface area contributed by atoms with Crippen LogP contribution in [0.5, 0.6) is 11.5 Å². The first-order chi connectivity index (χ1) is 17.5. The number of carbonyl (C=O) groups is 1. The molecule has 0 fully saturated rings. The Morgan fingerprint density at radius 2 is 1.47 bits per heavy atom. The minimum Gasteiger partial charge on any atom is -0.493 e. The topological polar surface area (TPSA) is 91.6 Å². The molecule has 0 radical (unpaired) electrons. The number of amides is 1. The monoisotopic (exact) mass is 487 g/mol. The average molecular weight is 488 g/mol. The molecule has 1 amide bonds. The predicted molar refractivity (Wildman–Crippen MR) is 139 cm³/mol. The lowest BCUT2D eigenvalue weighted by Crippen LogP contribution is -2.41. The zero-order chi connectivity index (χ0) is 25.7. The molecule has 0 aliphatic heterocycles. The van der Waals surface area contributed by atoms with E-state index in [9.17, 15) is 14.4 Å². The van der Waals surface area contributed by atoms with Gasteiger partial charge in [0.25, 0.3) is 5.91 Å². The van der Waals surface area contributed by atoms with Crippen molar-refractivity contribution in [1.82, 2.24) is 14.5 Å². The van der Waals surface area contributed by atoms with Gasteiger partial charge in [-0.3, -0.25) is 19.0 Å². The fourth-order valence-corrected chi connectivity index (χ4v) is 4.17. The number of carbonyl (C=O) groups excluding carboxylic acids is 1. The van der Waals surface area contributed by atoms with E-state index in [2.05, 4.69) is 5.32 Å². The summed E-state index contributed by atoms with van der Waals surface area (Å²) >= 11 is 0. The van der Waals surface area contributed by atoms with Gasteiger partial charge in [-0.1, -0.05) is 30.3 Å². The van der Waals surface area contributed by atoms with E-state index in [-0.39, 0.29) is 12.5 Å². The van der Waals surface area contributed by atoms with Gasteiger partial charge in [0.05, 0.1) is 31.3 Å². The minimum atomic E-state index is -0.567. The van der Waals surface area contributed by atoms with Crippen LogP contribution in [0.3, 0.4) is 0 Å². The number of nitrogens with zero attached hydrogens (tertiary/aromatic N) is 2. The number of methoxy groups -OCH3 is 1. The number of rotatable bonds is 9. The van der Waals surface area contributed by atoms with Crippen molar-refractivity contribution in [3.05, 3.63) is 104 Å². The zero-order valence-corrected chi connectivity index (χ0v) is 20.6. The second-order valence-electron chi connectivity index (χ2n) is 8.23. The lowest BCUT2D eigenvalue weighted by Gasteiger charge is -2.14. The van der Waals surface area contributed by atoms with Crippen LogP contribution < -0.4 is 25.9 Å². The quantitative estimate of drug-likeness (QED) is 0.365. The number of aromatic nitrogens is 2. The maximum Gasteiger partial charge on any atom is 0.317 e. The van der Waals surface area contributed by atoms with E-state index in [0.29, 0.717) is 47.8 Å². The van der Waals surface area contributed by atoms with Gasteiger partial charge in [0.1, 0.15) is 0 Å². The van der Waals surface area contributed by atoms with Gasteiger partial charge < -0.3 is 19.4 Å². The van der Waals surface area contributed by atoms with Crippen molar-refractivity contribution in [1.29, 1.82) is 0 Å². The summed E-state index contributed by atoms with van der Waals surface area (Å²) in [5.74, 6) is 1.05. The van der Waals surface area contributed by atoms with Crippen molar-refractivity contribution in [2.75, 3.05) is 13.7 Å². The van der Waals surface area contributed by atoms with Crippen molar-refractivity contribution in [2.45, 2.75) is 33.5 Å².